The minimum absolute atomic E-state index is 0.872. The predicted molar refractivity (Wildman–Crippen MR) is 58.7 cm³/mol. The molecule has 0 atom stereocenters. The zero-order valence-corrected chi connectivity index (χ0v) is 8.37. The maximum Gasteiger partial charge on any atom is 0.0358 e. The predicted octanol–water partition coefficient (Wildman–Crippen LogP) is 2.29. The number of rotatable bonds is 1. The molecule has 1 aliphatic heterocycles. The summed E-state index contributed by atoms with van der Waals surface area (Å²) < 4.78 is 0. The molecule has 1 heteroatoms. The molecule has 0 bridgehead atoms. The summed E-state index contributed by atoms with van der Waals surface area (Å²) in [5, 5.41) is 0. The highest BCUT2D eigenvalue weighted by Gasteiger charge is 2.05. The van der Waals surface area contributed by atoms with Gasteiger partial charge in [-0.05, 0) is 18.4 Å². The van der Waals surface area contributed by atoms with Crippen molar-refractivity contribution >= 4 is 0 Å². The maximum absolute atomic E-state index is 3.22. The summed E-state index contributed by atoms with van der Waals surface area (Å²) in [5.41, 5.74) is 1.30. The van der Waals surface area contributed by atoms with Crippen molar-refractivity contribution in [3.63, 3.8) is 0 Å². The van der Waals surface area contributed by atoms with Gasteiger partial charge in [-0.1, -0.05) is 36.3 Å². The minimum Gasteiger partial charge on any atom is -0.333 e. The number of likely N-dealkylation sites (tertiary alicyclic amines) is 1. The Kier molecular flexibility index (Phi) is 3.08. The van der Waals surface area contributed by atoms with E-state index >= 15 is 0 Å². The molecule has 1 aromatic carbocycles. The molecule has 1 heterocycles. The molecule has 1 fully saturated rings. The highest BCUT2D eigenvalue weighted by atomic mass is 15.1. The third kappa shape index (κ3) is 2.53. The van der Waals surface area contributed by atoms with Crippen molar-refractivity contribution in [2.75, 3.05) is 13.1 Å². The lowest BCUT2D eigenvalue weighted by atomic mass is 10.2. The van der Waals surface area contributed by atoms with Gasteiger partial charge in [-0.2, -0.15) is 0 Å². The molecular formula is C13H15N. The Hall–Kier alpha value is -1.42. The van der Waals surface area contributed by atoms with Crippen LogP contribution in [0.3, 0.4) is 0 Å². The summed E-state index contributed by atoms with van der Waals surface area (Å²) in [6.45, 7) is 2.31. The van der Waals surface area contributed by atoms with Gasteiger partial charge in [0.15, 0.2) is 0 Å². The molecule has 1 aromatic rings. The molecule has 0 amide bonds. The van der Waals surface area contributed by atoms with E-state index in [0.717, 1.165) is 19.5 Å². The molecule has 14 heavy (non-hydrogen) atoms. The average molecular weight is 185 g/mol. The maximum atomic E-state index is 3.22. The summed E-state index contributed by atoms with van der Waals surface area (Å²) in [6, 6.07) is 13.6. The summed E-state index contributed by atoms with van der Waals surface area (Å²) in [4.78, 5) is 2.23. The van der Waals surface area contributed by atoms with Gasteiger partial charge in [0.1, 0.15) is 0 Å². The lowest BCUT2D eigenvalue weighted by Crippen LogP contribution is -2.11. The third-order valence-corrected chi connectivity index (χ3v) is 2.48. The Bertz CT molecular complexity index is 325. The SMILES string of the molecule is C(#CN1CCCC1)Cc1ccccc1. The van der Waals surface area contributed by atoms with Crippen molar-refractivity contribution in [2.24, 2.45) is 0 Å². The van der Waals surface area contributed by atoms with Crippen LogP contribution in [0.2, 0.25) is 0 Å². The molecule has 0 aliphatic carbocycles. The van der Waals surface area contributed by atoms with E-state index < -0.39 is 0 Å². The molecule has 0 aromatic heterocycles. The Morgan fingerprint density at radius 2 is 1.79 bits per heavy atom. The molecule has 1 nitrogen and oxygen atoms in total. The van der Waals surface area contributed by atoms with Gasteiger partial charge in [0.05, 0.1) is 0 Å². The van der Waals surface area contributed by atoms with E-state index in [0.29, 0.717) is 0 Å². The van der Waals surface area contributed by atoms with E-state index in [1.807, 2.05) is 6.07 Å². The number of benzene rings is 1. The van der Waals surface area contributed by atoms with Crippen molar-refractivity contribution in [1.29, 1.82) is 0 Å². The molecule has 1 aliphatic rings. The summed E-state index contributed by atoms with van der Waals surface area (Å²) >= 11 is 0. The quantitative estimate of drug-likeness (QED) is 0.607. The molecule has 0 N–H and O–H groups in total. The van der Waals surface area contributed by atoms with E-state index in [1.54, 1.807) is 0 Å². The molecule has 0 radical (unpaired) electrons. The van der Waals surface area contributed by atoms with Gasteiger partial charge >= 0.3 is 0 Å². The molecule has 72 valence electrons. The Labute approximate surface area is 85.7 Å². The van der Waals surface area contributed by atoms with Crippen LogP contribution in [0.5, 0.6) is 0 Å². The second kappa shape index (κ2) is 4.72. The molecule has 0 spiro atoms. The molecular weight excluding hydrogens is 170 g/mol. The standard InChI is InChI=1S/C13H15N/c1-2-7-13(8-3-1)9-6-12-14-10-4-5-11-14/h1-3,7-8H,4-5,9-11H2. The van der Waals surface area contributed by atoms with Crippen molar-refractivity contribution in [2.45, 2.75) is 19.3 Å². The largest absolute Gasteiger partial charge is 0.333 e. The van der Waals surface area contributed by atoms with Crippen LogP contribution in [-0.2, 0) is 6.42 Å². The highest BCUT2D eigenvalue weighted by molar-refractivity contribution is 5.20. The second-order valence-electron chi connectivity index (χ2n) is 3.65. The number of hydrogen-bond acceptors (Lipinski definition) is 1. The first-order chi connectivity index (χ1) is 6.95. The smallest absolute Gasteiger partial charge is 0.0358 e. The molecule has 1 saturated heterocycles. The van der Waals surface area contributed by atoms with E-state index in [4.69, 9.17) is 0 Å². The first-order valence-corrected chi connectivity index (χ1v) is 5.22. The van der Waals surface area contributed by atoms with Gasteiger partial charge in [-0.3, -0.25) is 0 Å². The summed E-state index contributed by atoms with van der Waals surface area (Å²) in [7, 11) is 0. The average Bonchev–Trinajstić information content (AvgIpc) is 2.72. The van der Waals surface area contributed by atoms with Gasteiger partial charge in [-0.25, -0.2) is 0 Å². The van der Waals surface area contributed by atoms with Crippen LogP contribution in [-0.4, -0.2) is 18.0 Å². The van der Waals surface area contributed by atoms with Gasteiger partial charge in [0.25, 0.3) is 0 Å². The fraction of sp³-hybridized carbons (Fsp3) is 0.385. The van der Waals surface area contributed by atoms with E-state index in [9.17, 15) is 0 Å². The number of hydrogen-bond donors (Lipinski definition) is 0. The van der Waals surface area contributed by atoms with E-state index in [-0.39, 0.29) is 0 Å². The third-order valence-electron chi connectivity index (χ3n) is 2.48. The van der Waals surface area contributed by atoms with Crippen LogP contribution in [0.15, 0.2) is 30.3 Å². The topological polar surface area (TPSA) is 3.24 Å². The van der Waals surface area contributed by atoms with Crippen molar-refractivity contribution in [1.82, 2.24) is 4.90 Å². The zero-order valence-electron chi connectivity index (χ0n) is 8.37. The van der Waals surface area contributed by atoms with Crippen LogP contribution in [0.1, 0.15) is 18.4 Å². The number of nitrogens with zero attached hydrogens (tertiary/aromatic N) is 1. The Morgan fingerprint density at radius 1 is 1.07 bits per heavy atom. The summed E-state index contributed by atoms with van der Waals surface area (Å²) in [5.74, 6) is 3.22. The Morgan fingerprint density at radius 3 is 2.50 bits per heavy atom. The van der Waals surface area contributed by atoms with Gasteiger partial charge in [-0.15, -0.1) is 0 Å². The Balaban J connectivity index is 1.87. The minimum atomic E-state index is 0.872. The zero-order chi connectivity index (χ0) is 9.64. The van der Waals surface area contributed by atoms with Crippen molar-refractivity contribution in [3.05, 3.63) is 35.9 Å². The van der Waals surface area contributed by atoms with E-state index in [1.165, 1.54) is 18.4 Å². The first kappa shape index (κ1) is 9.15. The van der Waals surface area contributed by atoms with Crippen LogP contribution >= 0.6 is 0 Å². The lowest BCUT2D eigenvalue weighted by molar-refractivity contribution is 0.496. The first-order valence-electron chi connectivity index (χ1n) is 5.22. The highest BCUT2D eigenvalue weighted by Crippen LogP contribution is 2.05. The van der Waals surface area contributed by atoms with Crippen molar-refractivity contribution < 1.29 is 0 Å². The van der Waals surface area contributed by atoms with Crippen LogP contribution in [0.25, 0.3) is 0 Å². The van der Waals surface area contributed by atoms with Crippen LogP contribution in [0, 0.1) is 12.0 Å². The van der Waals surface area contributed by atoms with Gasteiger partial charge in [0, 0.05) is 25.6 Å². The second-order valence-corrected chi connectivity index (χ2v) is 3.65. The van der Waals surface area contributed by atoms with Gasteiger partial charge < -0.3 is 4.90 Å². The van der Waals surface area contributed by atoms with Gasteiger partial charge in [0.2, 0.25) is 0 Å². The van der Waals surface area contributed by atoms with Crippen LogP contribution < -0.4 is 0 Å². The fourth-order valence-corrected chi connectivity index (χ4v) is 1.68. The molecule has 2 rings (SSSR count). The molecule has 0 unspecified atom stereocenters. The molecule has 0 saturated carbocycles. The monoisotopic (exact) mass is 185 g/mol. The van der Waals surface area contributed by atoms with Crippen molar-refractivity contribution in [3.8, 4) is 12.0 Å². The van der Waals surface area contributed by atoms with Crippen LogP contribution in [0.4, 0.5) is 0 Å². The fourth-order valence-electron chi connectivity index (χ4n) is 1.68. The lowest BCUT2D eigenvalue weighted by Gasteiger charge is -2.05. The normalized spacial score (nSPS) is 15.0. The summed E-state index contributed by atoms with van der Waals surface area (Å²) in [6.07, 6.45) is 3.48. The van der Waals surface area contributed by atoms with E-state index in [2.05, 4.69) is 41.1 Å².